The van der Waals surface area contributed by atoms with Gasteiger partial charge in [0.1, 0.15) is 5.75 Å². The van der Waals surface area contributed by atoms with Crippen LogP contribution in [0.4, 0.5) is 0 Å². The van der Waals surface area contributed by atoms with E-state index in [0.29, 0.717) is 5.75 Å². The molecule has 0 fully saturated rings. The molecule has 0 spiro atoms. The van der Waals surface area contributed by atoms with Gasteiger partial charge in [-0.3, -0.25) is 0 Å². The molecule has 0 saturated heterocycles. The second-order valence-corrected chi connectivity index (χ2v) is 6.74. The first-order valence-electron chi connectivity index (χ1n) is 7.59. The number of benzene rings is 3. The Hall–Kier alpha value is -2.26. The van der Waals surface area contributed by atoms with E-state index >= 15 is 0 Å². The van der Waals surface area contributed by atoms with E-state index in [4.69, 9.17) is 0 Å². The average Bonchev–Trinajstić information content (AvgIpc) is 2.86. The SMILES string of the molecule is Cc1ccc2c(c1)c1c(O)c(Br)ccc1n2Cc1ccccc1. The van der Waals surface area contributed by atoms with E-state index in [0.717, 1.165) is 32.8 Å². The number of hydrogen-bond donors (Lipinski definition) is 1. The van der Waals surface area contributed by atoms with Crippen molar-refractivity contribution in [3.8, 4) is 5.75 Å². The third-order valence-corrected chi connectivity index (χ3v) is 4.93. The summed E-state index contributed by atoms with van der Waals surface area (Å²) in [6.07, 6.45) is 0. The molecule has 1 N–H and O–H groups in total. The van der Waals surface area contributed by atoms with Crippen LogP contribution in [0.3, 0.4) is 0 Å². The predicted molar refractivity (Wildman–Crippen MR) is 99.1 cm³/mol. The van der Waals surface area contributed by atoms with Crippen LogP contribution < -0.4 is 0 Å². The number of aryl methyl sites for hydroxylation is 1. The fourth-order valence-electron chi connectivity index (χ4n) is 3.20. The molecule has 0 saturated carbocycles. The fraction of sp³-hybridized carbons (Fsp3) is 0.100. The van der Waals surface area contributed by atoms with Crippen LogP contribution in [0.25, 0.3) is 21.8 Å². The molecule has 0 bridgehead atoms. The maximum atomic E-state index is 10.6. The second kappa shape index (κ2) is 5.43. The summed E-state index contributed by atoms with van der Waals surface area (Å²) in [5, 5.41) is 12.6. The quantitative estimate of drug-likeness (QED) is 0.489. The van der Waals surface area contributed by atoms with Crippen molar-refractivity contribution in [3.63, 3.8) is 0 Å². The molecule has 1 aromatic heterocycles. The molecule has 0 aliphatic heterocycles. The highest BCUT2D eigenvalue weighted by atomic mass is 79.9. The Morgan fingerprint density at radius 1 is 0.957 bits per heavy atom. The molecule has 2 nitrogen and oxygen atoms in total. The van der Waals surface area contributed by atoms with Gasteiger partial charge in [-0.1, -0.05) is 42.0 Å². The van der Waals surface area contributed by atoms with Gasteiger partial charge in [0.2, 0.25) is 0 Å². The van der Waals surface area contributed by atoms with Crippen LogP contribution in [0.15, 0.2) is 65.1 Å². The number of fused-ring (bicyclic) bond motifs is 3. The van der Waals surface area contributed by atoms with Gasteiger partial charge in [0, 0.05) is 17.4 Å². The van der Waals surface area contributed by atoms with Crippen molar-refractivity contribution < 1.29 is 5.11 Å². The molecule has 1 heterocycles. The third-order valence-electron chi connectivity index (χ3n) is 4.29. The number of phenols is 1. The van der Waals surface area contributed by atoms with Crippen molar-refractivity contribution in [1.29, 1.82) is 0 Å². The first-order valence-corrected chi connectivity index (χ1v) is 8.38. The highest BCUT2D eigenvalue weighted by molar-refractivity contribution is 9.10. The van der Waals surface area contributed by atoms with Gasteiger partial charge in [0.15, 0.2) is 0 Å². The van der Waals surface area contributed by atoms with Gasteiger partial charge < -0.3 is 9.67 Å². The number of hydrogen-bond acceptors (Lipinski definition) is 1. The van der Waals surface area contributed by atoms with Crippen molar-refractivity contribution in [2.24, 2.45) is 0 Å². The molecule has 0 atom stereocenters. The topological polar surface area (TPSA) is 25.2 Å². The summed E-state index contributed by atoms with van der Waals surface area (Å²) in [5.74, 6) is 0.310. The first kappa shape index (κ1) is 14.3. The number of rotatable bonds is 2. The van der Waals surface area contributed by atoms with Gasteiger partial charge in [-0.05, 0) is 52.7 Å². The first-order chi connectivity index (χ1) is 11.1. The van der Waals surface area contributed by atoms with E-state index in [1.165, 1.54) is 11.1 Å². The van der Waals surface area contributed by atoms with E-state index in [-0.39, 0.29) is 0 Å². The van der Waals surface area contributed by atoms with E-state index in [1.54, 1.807) is 0 Å². The molecule has 0 aliphatic carbocycles. The molecule has 4 rings (SSSR count). The van der Waals surface area contributed by atoms with E-state index in [9.17, 15) is 5.11 Å². The average molecular weight is 366 g/mol. The maximum absolute atomic E-state index is 10.6. The van der Waals surface area contributed by atoms with E-state index in [2.05, 4.69) is 76.0 Å². The Kier molecular flexibility index (Phi) is 3.38. The number of halogens is 1. The van der Waals surface area contributed by atoms with Gasteiger partial charge in [-0.25, -0.2) is 0 Å². The Morgan fingerprint density at radius 2 is 1.70 bits per heavy atom. The van der Waals surface area contributed by atoms with Crippen molar-refractivity contribution in [1.82, 2.24) is 4.57 Å². The van der Waals surface area contributed by atoms with Crippen LogP contribution in [-0.2, 0) is 6.54 Å². The Labute approximate surface area is 143 Å². The van der Waals surface area contributed by atoms with Crippen molar-refractivity contribution in [2.75, 3.05) is 0 Å². The number of nitrogens with zero attached hydrogens (tertiary/aromatic N) is 1. The van der Waals surface area contributed by atoms with Crippen LogP contribution in [0.5, 0.6) is 5.75 Å². The normalized spacial score (nSPS) is 11.4. The van der Waals surface area contributed by atoms with Crippen LogP contribution in [-0.4, -0.2) is 9.67 Å². The number of aromatic nitrogens is 1. The van der Waals surface area contributed by atoms with Crippen LogP contribution in [0.1, 0.15) is 11.1 Å². The molecular weight excluding hydrogens is 350 g/mol. The lowest BCUT2D eigenvalue weighted by Crippen LogP contribution is -1.99. The number of phenolic OH excluding ortho intramolecular Hbond substituents is 1. The molecule has 4 aromatic rings. The van der Waals surface area contributed by atoms with Crippen molar-refractivity contribution >= 4 is 37.7 Å². The van der Waals surface area contributed by atoms with Gasteiger partial charge in [-0.2, -0.15) is 0 Å². The molecule has 3 aromatic carbocycles. The van der Waals surface area contributed by atoms with Gasteiger partial charge in [-0.15, -0.1) is 0 Å². The maximum Gasteiger partial charge on any atom is 0.139 e. The van der Waals surface area contributed by atoms with Gasteiger partial charge in [0.25, 0.3) is 0 Å². The lowest BCUT2D eigenvalue weighted by Gasteiger charge is -2.08. The zero-order valence-electron chi connectivity index (χ0n) is 12.8. The summed E-state index contributed by atoms with van der Waals surface area (Å²) in [6, 6.07) is 20.8. The minimum Gasteiger partial charge on any atom is -0.506 e. The van der Waals surface area contributed by atoms with Crippen LogP contribution in [0, 0.1) is 6.92 Å². The summed E-state index contributed by atoms with van der Waals surface area (Å²) < 4.78 is 3.00. The lowest BCUT2D eigenvalue weighted by atomic mass is 10.1. The number of aromatic hydroxyl groups is 1. The van der Waals surface area contributed by atoms with Crippen LogP contribution in [0.2, 0.25) is 0 Å². The predicted octanol–water partition coefficient (Wildman–Crippen LogP) is 5.62. The second-order valence-electron chi connectivity index (χ2n) is 5.88. The molecule has 0 amide bonds. The highest BCUT2D eigenvalue weighted by Gasteiger charge is 2.15. The molecule has 23 heavy (non-hydrogen) atoms. The van der Waals surface area contributed by atoms with Crippen molar-refractivity contribution in [2.45, 2.75) is 13.5 Å². The largest absolute Gasteiger partial charge is 0.506 e. The molecular formula is C20H16BrNO. The molecule has 0 aliphatic rings. The summed E-state index contributed by atoms with van der Waals surface area (Å²) in [5.41, 5.74) is 4.63. The lowest BCUT2D eigenvalue weighted by molar-refractivity contribution is 0.478. The zero-order chi connectivity index (χ0) is 16.0. The molecule has 0 radical (unpaired) electrons. The minimum atomic E-state index is 0.310. The van der Waals surface area contributed by atoms with E-state index in [1.807, 2.05) is 12.1 Å². The summed E-state index contributed by atoms with van der Waals surface area (Å²) in [6.45, 7) is 2.86. The Morgan fingerprint density at radius 3 is 2.48 bits per heavy atom. The highest BCUT2D eigenvalue weighted by Crippen LogP contribution is 2.40. The zero-order valence-corrected chi connectivity index (χ0v) is 14.3. The standard InChI is InChI=1S/C20H16BrNO/c1-13-7-9-17-15(11-13)19-18(10-8-16(21)20(19)23)22(17)12-14-5-3-2-4-6-14/h2-11,23H,12H2,1H3. The molecule has 0 unspecified atom stereocenters. The summed E-state index contributed by atoms with van der Waals surface area (Å²) in [4.78, 5) is 0. The Balaban J connectivity index is 2.07. The molecule has 114 valence electrons. The van der Waals surface area contributed by atoms with Gasteiger partial charge >= 0.3 is 0 Å². The van der Waals surface area contributed by atoms with Crippen molar-refractivity contribution in [3.05, 3.63) is 76.3 Å². The third kappa shape index (κ3) is 2.32. The summed E-state index contributed by atoms with van der Waals surface area (Å²) in [7, 11) is 0. The van der Waals surface area contributed by atoms with Crippen LogP contribution >= 0.6 is 15.9 Å². The Bertz CT molecular complexity index is 1020. The van der Waals surface area contributed by atoms with E-state index < -0.39 is 0 Å². The fourth-order valence-corrected chi connectivity index (χ4v) is 3.53. The monoisotopic (exact) mass is 365 g/mol. The summed E-state index contributed by atoms with van der Waals surface area (Å²) >= 11 is 3.44. The van der Waals surface area contributed by atoms with Gasteiger partial charge in [0.05, 0.1) is 15.4 Å². The smallest absolute Gasteiger partial charge is 0.139 e. The minimum absolute atomic E-state index is 0.310. The molecule has 3 heteroatoms.